The molecule has 0 saturated heterocycles. The number of nitrogens with zero attached hydrogens (tertiary/aromatic N) is 1. The number of para-hydroxylation sites is 1. The molecule has 3 aromatic carbocycles. The molecule has 1 aliphatic rings. The molecule has 3 aromatic rings. The highest BCUT2D eigenvalue weighted by Crippen LogP contribution is 2.24. The molecule has 1 aliphatic heterocycles. The number of hydrogen-bond donors (Lipinski definition) is 2. The number of hydrogen-bond acceptors (Lipinski definition) is 3. The predicted molar refractivity (Wildman–Crippen MR) is 129 cm³/mol. The third kappa shape index (κ3) is 5.06. The monoisotopic (exact) mass is 427 g/mol. The van der Waals surface area contributed by atoms with Gasteiger partial charge in [-0.1, -0.05) is 36.4 Å². The van der Waals surface area contributed by atoms with Gasteiger partial charge in [-0.2, -0.15) is 0 Å². The maximum Gasteiger partial charge on any atom is 0.257 e. The summed E-state index contributed by atoms with van der Waals surface area (Å²) in [6, 6.07) is 19.6. The van der Waals surface area contributed by atoms with Gasteiger partial charge in [-0.25, -0.2) is 0 Å². The molecule has 0 fully saturated rings. The second-order valence-corrected chi connectivity index (χ2v) is 8.54. The number of rotatable bonds is 5. The van der Waals surface area contributed by atoms with Crippen LogP contribution in [0, 0.1) is 13.8 Å². The van der Waals surface area contributed by atoms with Crippen LogP contribution in [0.2, 0.25) is 0 Å². The predicted octanol–water partition coefficient (Wildman–Crippen LogP) is 5.07. The Labute approximate surface area is 189 Å². The zero-order valence-corrected chi connectivity index (χ0v) is 18.9. The summed E-state index contributed by atoms with van der Waals surface area (Å²) in [6.45, 7) is 8.68. The molecule has 0 spiro atoms. The number of anilines is 2. The number of carbonyl (C=O) groups is 2. The minimum atomic E-state index is -0.250. The van der Waals surface area contributed by atoms with Crippen molar-refractivity contribution < 1.29 is 9.59 Å². The largest absolute Gasteiger partial charge is 0.326 e. The van der Waals surface area contributed by atoms with Crippen molar-refractivity contribution >= 4 is 23.2 Å². The van der Waals surface area contributed by atoms with Gasteiger partial charge < -0.3 is 10.6 Å². The van der Waals surface area contributed by atoms with Crippen LogP contribution in [0.25, 0.3) is 0 Å². The fraction of sp³-hybridized carbons (Fsp3) is 0.259. The van der Waals surface area contributed by atoms with Gasteiger partial charge in [0.2, 0.25) is 5.91 Å². The van der Waals surface area contributed by atoms with Crippen LogP contribution >= 0.6 is 0 Å². The molecule has 0 saturated carbocycles. The van der Waals surface area contributed by atoms with Crippen molar-refractivity contribution in [3.8, 4) is 0 Å². The standard InChI is InChI=1S/C27H29N3O2/c1-18-14-22-12-13-30(17-23(22)15-19(18)2)16-21-8-10-24(11-9-21)29-27(32)25-6-4-5-7-26(25)28-20(3)31/h4-11,14-15H,12-13,16-17H2,1-3H3,(H,28,31)(H,29,32). The number of carbonyl (C=O) groups excluding carboxylic acids is 2. The summed E-state index contributed by atoms with van der Waals surface area (Å²) in [7, 11) is 0. The minimum absolute atomic E-state index is 0.208. The summed E-state index contributed by atoms with van der Waals surface area (Å²) in [5, 5.41) is 5.63. The van der Waals surface area contributed by atoms with Crippen LogP contribution in [-0.2, 0) is 24.3 Å². The van der Waals surface area contributed by atoms with E-state index in [4.69, 9.17) is 0 Å². The molecule has 0 bridgehead atoms. The molecule has 5 heteroatoms. The van der Waals surface area contributed by atoms with Gasteiger partial charge in [0.05, 0.1) is 11.3 Å². The number of benzene rings is 3. The van der Waals surface area contributed by atoms with E-state index < -0.39 is 0 Å². The summed E-state index contributed by atoms with van der Waals surface area (Å²) in [6.07, 6.45) is 1.08. The van der Waals surface area contributed by atoms with E-state index in [1.54, 1.807) is 24.3 Å². The Balaban J connectivity index is 1.39. The third-order valence-corrected chi connectivity index (χ3v) is 6.01. The van der Waals surface area contributed by atoms with Crippen molar-refractivity contribution in [2.75, 3.05) is 17.2 Å². The first-order chi connectivity index (χ1) is 15.4. The van der Waals surface area contributed by atoms with Gasteiger partial charge in [0.1, 0.15) is 0 Å². The molecule has 0 aromatic heterocycles. The maximum atomic E-state index is 12.7. The summed E-state index contributed by atoms with van der Waals surface area (Å²) >= 11 is 0. The quantitative estimate of drug-likeness (QED) is 0.597. The van der Waals surface area contributed by atoms with Gasteiger partial charge in [0.15, 0.2) is 0 Å². The fourth-order valence-electron chi connectivity index (χ4n) is 4.18. The SMILES string of the molecule is CC(=O)Nc1ccccc1C(=O)Nc1ccc(CN2CCc3cc(C)c(C)cc3C2)cc1. The van der Waals surface area contributed by atoms with Crippen LogP contribution in [0.1, 0.15) is 45.1 Å². The fourth-order valence-corrected chi connectivity index (χ4v) is 4.18. The minimum Gasteiger partial charge on any atom is -0.326 e. The Morgan fingerprint density at radius 3 is 2.31 bits per heavy atom. The van der Waals surface area contributed by atoms with E-state index in [0.717, 1.165) is 31.7 Å². The topological polar surface area (TPSA) is 61.4 Å². The lowest BCUT2D eigenvalue weighted by atomic mass is 9.94. The number of fused-ring (bicyclic) bond motifs is 1. The molecule has 4 rings (SSSR count). The average Bonchev–Trinajstić information content (AvgIpc) is 2.76. The maximum absolute atomic E-state index is 12.7. The summed E-state index contributed by atoms with van der Waals surface area (Å²) in [5.41, 5.74) is 8.51. The number of aryl methyl sites for hydroxylation is 2. The van der Waals surface area contributed by atoms with Gasteiger partial charge in [0, 0.05) is 32.2 Å². The lowest BCUT2D eigenvalue weighted by Crippen LogP contribution is -2.30. The molecule has 0 unspecified atom stereocenters. The van der Waals surface area contributed by atoms with Crippen molar-refractivity contribution in [2.45, 2.75) is 40.3 Å². The van der Waals surface area contributed by atoms with Gasteiger partial charge in [0.25, 0.3) is 5.91 Å². The second kappa shape index (κ2) is 9.37. The lowest BCUT2D eigenvalue weighted by Gasteiger charge is -2.29. The molecule has 32 heavy (non-hydrogen) atoms. The highest BCUT2D eigenvalue weighted by Gasteiger charge is 2.17. The van der Waals surface area contributed by atoms with Crippen LogP contribution in [0.15, 0.2) is 60.7 Å². The van der Waals surface area contributed by atoms with Crippen molar-refractivity contribution in [3.63, 3.8) is 0 Å². The van der Waals surface area contributed by atoms with Crippen LogP contribution in [0.3, 0.4) is 0 Å². The normalized spacial score (nSPS) is 13.3. The highest BCUT2D eigenvalue weighted by molar-refractivity contribution is 6.09. The Morgan fingerprint density at radius 2 is 1.59 bits per heavy atom. The Hall–Kier alpha value is -3.44. The molecule has 164 valence electrons. The first-order valence-electron chi connectivity index (χ1n) is 11.0. The highest BCUT2D eigenvalue weighted by atomic mass is 16.2. The second-order valence-electron chi connectivity index (χ2n) is 8.54. The molecule has 2 N–H and O–H groups in total. The Bertz CT molecular complexity index is 1150. The Kier molecular flexibility index (Phi) is 6.37. The average molecular weight is 428 g/mol. The van der Waals surface area contributed by atoms with Crippen LogP contribution in [0.4, 0.5) is 11.4 Å². The molecular formula is C27H29N3O2. The van der Waals surface area contributed by atoms with Crippen molar-refractivity contribution in [2.24, 2.45) is 0 Å². The Morgan fingerprint density at radius 1 is 0.906 bits per heavy atom. The van der Waals surface area contributed by atoms with E-state index in [1.807, 2.05) is 12.1 Å². The van der Waals surface area contributed by atoms with Gasteiger partial charge >= 0.3 is 0 Å². The zero-order chi connectivity index (χ0) is 22.7. The summed E-state index contributed by atoms with van der Waals surface area (Å²) < 4.78 is 0. The van der Waals surface area contributed by atoms with E-state index in [2.05, 4.69) is 53.6 Å². The van der Waals surface area contributed by atoms with E-state index >= 15 is 0 Å². The van der Waals surface area contributed by atoms with Crippen molar-refractivity contribution in [1.29, 1.82) is 0 Å². The van der Waals surface area contributed by atoms with Crippen molar-refractivity contribution in [3.05, 3.63) is 94.0 Å². The smallest absolute Gasteiger partial charge is 0.257 e. The molecule has 2 amide bonds. The summed E-state index contributed by atoms with van der Waals surface area (Å²) in [4.78, 5) is 26.6. The van der Waals surface area contributed by atoms with E-state index in [-0.39, 0.29) is 11.8 Å². The molecule has 0 atom stereocenters. The van der Waals surface area contributed by atoms with Gasteiger partial charge in [-0.3, -0.25) is 14.5 Å². The van der Waals surface area contributed by atoms with Crippen molar-refractivity contribution in [1.82, 2.24) is 4.90 Å². The molecule has 5 nitrogen and oxygen atoms in total. The van der Waals surface area contributed by atoms with E-state index in [0.29, 0.717) is 11.3 Å². The van der Waals surface area contributed by atoms with Gasteiger partial charge in [-0.15, -0.1) is 0 Å². The number of amides is 2. The van der Waals surface area contributed by atoms with Crippen LogP contribution in [-0.4, -0.2) is 23.3 Å². The zero-order valence-electron chi connectivity index (χ0n) is 18.9. The van der Waals surface area contributed by atoms with Gasteiger partial charge in [-0.05, 0) is 72.4 Å². The van der Waals surface area contributed by atoms with E-state index in [1.165, 1.54) is 34.7 Å². The first-order valence-corrected chi connectivity index (χ1v) is 11.0. The molecule has 0 radical (unpaired) electrons. The van der Waals surface area contributed by atoms with Crippen LogP contribution < -0.4 is 10.6 Å². The molecule has 1 heterocycles. The molecular weight excluding hydrogens is 398 g/mol. The van der Waals surface area contributed by atoms with Crippen LogP contribution in [0.5, 0.6) is 0 Å². The summed E-state index contributed by atoms with van der Waals surface area (Å²) in [5.74, 6) is -0.458. The molecule has 0 aliphatic carbocycles. The third-order valence-electron chi connectivity index (χ3n) is 6.01. The first kappa shape index (κ1) is 21.8. The lowest BCUT2D eigenvalue weighted by molar-refractivity contribution is -0.114. The van der Waals surface area contributed by atoms with E-state index in [9.17, 15) is 9.59 Å². The number of nitrogens with one attached hydrogen (secondary N) is 2.